The number of hydrogen-bond acceptors (Lipinski definition) is 6. The molecule has 0 spiro atoms. The Balaban J connectivity index is 1.32. The average Bonchev–Trinajstić information content (AvgIpc) is 3.37. The molecule has 33 heavy (non-hydrogen) atoms. The lowest BCUT2D eigenvalue weighted by atomic mass is 9.81. The van der Waals surface area contributed by atoms with E-state index in [1.807, 2.05) is 0 Å². The second kappa shape index (κ2) is 9.17. The van der Waals surface area contributed by atoms with Crippen molar-refractivity contribution in [2.45, 2.75) is 36.0 Å². The van der Waals surface area contributed by atoms with Crippen LogP contribution < -0.4 is 10.6 Å². The Hall–Kier alpha value is -2.27. The molecular weight excluding hydrogens is 562 g/mol. The summed E-state index contributed by atoms with van der Waals surface area (Å²) in [6.07, 6.45) is 0.803. The molecule has 2 aliphatic carbocycles. The molecule has 3 aliphatic rings. The first-order valence-electron chi connectivity index (χ1n) is 10.6. The molecule has 1 aromatic rings. The zero-order valence-corrected chi connectivity index (χ0v) is 21.1. The molecule has 2 bridgehead atoms. The van der Waals surface area contributed by atoms with Crippen LogP contribution >= 0.6 is 31.9 Å². The average molecular weight is 585 g/mol. The Morgan fingerprint density at radius 3 is 1.97 bits per heavy atom. The van der Waals surface area contributed by atoms with Crippen LogP contribution in [0, 0.1) is 23.7 Å². The third-order valence-electron chi connectivity index (χ3n) is 6.58. The summed E-state index contributed by atoms with van der Waals surface area (Å²) in [7, 11) is 0. The fraction of sp³-hybridized carbons (Fsp3) is 0.500. The van der Waals surface area contributed by atoms with Crippen molar-refractivity contribution in [1.29, 1.82) is 0 Å². The molecule has 2 saturated carbocycles. The van der Waals surface area contributed by atoms with Crippen molar-refractivity contribution in [2.75, 3.05) is 17.2 Å². The van der Waals surface area contributed by atoms with Gasteiger partial charge >= 0.3 is 5.97 Å². The minimum Gasteiger partial charge on any atom is -0.454 e. The van der Waals surface area contributed by atoms with Gasteiger partial charge in [-0.15, -0.1) is 0 Å². The smallest absolute Gasteiger partial charge is 0.329 e. The van der Waals surface area contributed by atoms with Gasteiger partial charge in [0.1, 0.15) is 6.04 Å². The topological polar surface area (TPSA) is 122 Å². The SMILES string of the molecule is CC(=O)Nc1ccc(NC(=O)COC(=O)[C@H](C)N2C(=O)[C@@H]3[C@H]4C[C@@H]([C@H](Br)[C@H]4Br)[C@@H]3C2=O)cc1. The van der Waals surface area contributed by atoms with Crippen molar-refractivity contribution < 1.29 is 28.7 Å². The minimum atomic E-state index is -1.11. The van der Waals surface area contributed by atoms with E-state index >= 15 is 0 Å². The number of nitrogens with one attached hydrogen (secondary N) is 2. The number of hydrogen-bond donors (Lipinski definition) is 2. The van der Waals surface area contributed by atoms with Gasteiger partial charge in [0.05, 0.1) is 11.8 Å². The van der Waals surface area contributed by atoms with Crippen LogP contribution in [0.1, 0.15) is 20.3 Å². The predicted octanol–water partition coefficient (Wildman–Crippen LogP) is 2.29. The van der Waals surface area contributed by atoms with E-state index in [4.69, 9.17) is 4.74 Å². The molecule has 7 atom stereocenters. The number of ether oxygens (including phenoxy) is 1. The minimum absolute atomic E-state index is 0.0526. The Labute approximate surface area is 207 Å². The van der Waals surface area contributed by atoms with Gasteiger partial charge in [-0.2, -0.15) is 0 Å². The number of anilines is 2. The van der Waals surface area contributed by atoms with Gasteiger partial charge in [-0.05, 0) is 49.4 Å². The third-order valence-corrected chi connectivity index (χ3v) is 9.79. The molecule has 176 valence electrons. The van der Waals surface area contributed by atoms with Crippen molar-refractivity contribution in [3.05, 3.63) is 24.3 Å². The highest BCUT2D eigenvalue weighted by molar-refractivity contribution is 9.12. The molecule has 0 aromatic heterocycles. The molecule has 0 radical (unpaired) electrons. The predicted molar refractivity (Wildman–Crippen MR) is 126 cm³/mol. The number of halogens is 2. The number of fused-ring (bicyclic) bond motifs is 5. The van der Waals surface area contributed by atoms with Crippen LogP contribution in [0.3, 0.4) is 0 Å². The molecular formula is C22H23Br2N3O6. The molecule has 11 heteroatoms. The van der Waals surface area contributed by atoms with E-state index in [1.54, 1.807) is 24.3 Å². The van der Waals surface area contributed by atoms with E-state index in [9.17, 15) is 24.0 Å². The van der Waals surface area contributed by atoms with Crippen LogP contribution in [0.25, 0.3) is 0 Å². The van der Waals surface area contributed by atoms with E-state index < -0.39 is 36.4 Å². The van der Waals surface area contributed by atoms with Gasteiger partial charge in [-0.25, -0.2) is 4.79 Å². The number of likely N-dealkylation sites (tertiary alicyclic amines) is 1. The molecule has 1 saturated heterocycles. The number of alkyl halides is 2. The quantitative estimate of drug-likeness (QED) is 0.301. The van der Waals surface area contributed by atoms with Crippen molar-refractivity contribution in [1.82, 2.24) is 4.90 Å². The molecule has 4 amide bonds. The number of rotatable bonds is 6. The lowest BCUT2D eigenvalue weighted by Gasteiger charge is -2.28. The maximum atomic E-state index is 13.0. The van der Waals surface area contributed by atoms with E-state index in [1.165, 1.54) is 13.8 Å². The summed E-state index contributed by atoms with van der Waals surface area (Å²) in [6.45, 7) is 2.27. The van der Waals surface area contributed by atoms with Crippen molar-refractivity contribution in [3.8, 4) is 0 Å². The highest BCUT2D eigenvalue weighted by Gasteiger charge is 2.67. The summed E-state index contributed by atoms with van der Waals surface area (Å²) in [5.41, 5.74) is 1.04. The normalized spacial score (nSPS) is 30.7. The third kappa shape index (κ3) is 4.32. The van der Waals surface area contributed by atoms with E-state index in [-0.39, 0.29) is 39.2 Å². The fourth-order valence-electron chi connectivity index (χ4n) is 5.15. The lowest BCUT2D eigenvalue weighted by Crippen LogP contribution is -2.45. The highest BCUT2D eigenvalue weighted by atomic mass is 79.9. The number of esters is 1. The Bertz CT molecular complexity index is 984. The Morgan fingerprint density at radius 1 is 1.00 bits per heavy atom. The molecule has 9 nitrogen and oxygen atoms in total. The Morgan fingerprint density at radius 2 is 1.48 bits per heavy atom. The number of carbonyl (C=O) groups is 5. The van der Waals surface area contributed by atoms with Gasteiger partial charge in [-0.1, -0.05) is 31.9 Å². The van der Waals surface area contributed by atoms with Crippen LogP contribution in [-0.4, -0.2) is 56.8 Å². The van der Waals surface area contributed by atoms with Crippen molar-refractivity contribution >= 4 is 72.8 Å². The maximum Gasteiger partial charge on any atom is 0.329 e. The largest absolute Gasteiger partial charge is 0.454 e. The zero-order valence-electron chi connectivity index (χ0n) is 17.9. The second-order valence-electron chi connectivity index (χ2n) is 8.64. The molecule has 1 heterocycles. The first-order chi connectivity index (χ1) is 15.6. The summed E-state index contributed by atoms with van der Waals surface area (Å²) in [4.78, 5) is 63.0. The highest BCUT2D eigenvalue weighted by Crippen LogP contribution is 2.60. The molecule has 3 fully saturated rings. The van der Waals surface area contributed by atoms with Gasteiger partial charge in [0.15, 0.2) is 6.61 Å². The summed E-state index contributed by atoms with van der Waals surface area (Å²) in [6, 6.07) is 5.32. The standard InChI is InChI=1S/C22H23Br2N3O6/c1-9(27-20(30)16-13-7-14(17(16)21(27)31)19(24)18(13)23)22(32)33-8-15(29)26-12-5-3-11(4-6-12)25-10(2)28/h3-6,9,13-14,16-19H,7-8H2,1-2H3,(H,25,28)(H,26,29)/t9-,13+,14+,16-,17+,18-,19-/m0/s1. The van der Waals surface area contributed by atoms with Gasteiger partial charge < -0.3 is 15.4 Å². The number of imide groups is 1. The molecule has 2 N–H and O–H groups in total. The van der Waals surface area contributed by atoms with Gasteiger partial charge in [0.25, 0.3) is 5.91 Å². The van der Waals surface area contributed by atoms with Gasteiger partial charge in [-0.3, -0.25) is 24.1 Å². The van der Waals surface area contributed by atoms with Crippen LogP contribution in [0.4, 0.5) is 11.4 Å². The van der Waals surface area contributed by atoms with Crippen LogP contribution in [-0.2, 0) is 28.7 Å². The molecule has 1 aromatic carbocycles. The van der Waals surface area contributed by atoms with E-state index in [0.717, 1.165) is 11.3 Å². The van der Waals surface area contributed by atoms with Crippen LogP contribution in [0.5, 0.6) is 0 Å². The van der Waals surface area contributed by atoms with E-state index in [0.29, 0.717) is 11.4 Å². The molecule has 1 aliphatic heterocycles. The summed E-state index contributed by atoms with van der Waals surface area (Å²) in [5, 5.41) is 5.19. The first kappa shape index (κ1) is 23.9. The maximum absolute atomic E-state index is 13.0. The molecule has 4 rings (SSSR count). The lowest BCUT2D eigenvalue weighted by molar-refractivity contribution is -0.159. The van der Waals surface area contributed by atoms with E-state index in [2.05, 4.69) is 42.5 Å². The van der Waals surface area contributed by atoms with Crippen LogP contribution in [0.15, 0.2) is 24.3 Å². The number of carbonyl (C=O) groups excluding carboxylic acids is 5. The number of nitrogens with zero attached hydrogens (tertiary/aromatic N) is 1. The summed E-state index contributed by atoms with van der Waals surface area (Å²) in [5.74, 6) is -3.00. The fourth-order valence-corrected chi connectivity index (χ4v) is 7.03. The number of benzene rings is 1. The molecule has 0 unspecified atom stereocenters. The number of amides is 4. The van der Waals surface area contributed by atoms with Gasteiger partial charge in [0.2, 0.25) is 17.7 Å². The van der Waals surface area contributed by atoms with Crippen molar-refractivity contribution in [3.63, 3.8) is 0 Å². The first-order valence-corrected chi connectivity index (χ1v) is 12.4. The second-order valence-corrected chi connectivity index (χ2v) is 10.8. The zero-order chi connectivity index (χ0) is 24.0. The summed E-state index contributed by atoms with van der Waals surface area (Å²) < 4.78 is 5.08. The van der Waals surface area contributed by atoms with Crippen molar-refractivity contribution in [2.24, 2.45) is 23.7 Å². The van der Waals surface area contributed by atoms with Gasteiger partial charge in [0, 0.05) is 28.0 Å². The Kier molecular flexibility index (Phi) is 6.63. The summed E-state index contributed by atoms with van der Waals surface area (Å²) >= 11 is 7.26. The monoisotopic (exact) mass is 583 g/mol. The van der Waals surface area contributed by atoms with Crippen LogP contribution in [0.2, 0.25) is 0 Å².